The Labute approximate surface area is 110 Å². The summed E-state index contributed by atoms with van der Waals surface area (Å²) < 4.78 is 4.54. The fourth-order valence-corrected chi connectivity index (χ4v) is 2.55. The fraction of sp³-hybridized carbons (Fsp3) is 0.929. The molecule has 0 saturated heterocycles. The molecule has 0 heterocycles. The highest BCUT2D eigenvalue weighted by Crippen LogP contribution is 2.29. The number of methoxy groups -OCH3 is 1. The van der Waals surface area contributed by atoms with Gasteiger partial charge in [-0.3, -0.25) is 0 Å². The number of hydrogen-bond acceptors (Lipinski definition) is 4. The highest BCUT2D eigenvalue weighted by Gasteiger charge is 2.30. The first-order valence-corrected chi connectivity index (χ1v) is 6.97. The Balaban J connectivity index is 2.13. The van der Waals surface area contributed by atoms with Crippen LogP contribution in [-0.2, 0) is 9.53 Å². The molecule has 18 heavy (non-hydrogen) atoms. The summed E-state index contributed by atoms with van der Waals surface area (Å²) in [6.07, 6.45) is 6.44. The summed E-state index contributed by atoms with van der Waals surface area (Å²) in [6.45, 7) is 4.91. The summed E-state index contributed by atoms with van der Waals surface area (Å²) in [6, 6.07) is 0. The van der Waals surface area contributed by atoms with E-state index < -0.39 is 11.6 Å². The Morgan fingerprint density at radius 1 is 1.39 bits per heavy atom. The summed E-state index contributed by atoms with van der Waals surface area (Å²) in [5, 5.41) is 13.0. The minimum Gasteiger partial charge on any atom is -0.467 e. The van der Waals surface area contributed by atoms with E-state index in [0.717, 1.165) is 24.8 Å². The van der Waals surface area contributed by atoms with Gasteiger partial charge in [0.25, 0.3) is 0 Å². The SMILES string of the molecule is COC(=O)C(C)(O)CNCCC1CCC(C)CC1. The highest BCUT2D eigenvalue weighted by atomic mass is 16.5. The number of rotatable bonds is 6. The number of esters is 1. The second-order valence-corrected chi connectivity index (χ2v) is 5.86. The zero-order valence-electron chi connectivity index (χ0n) is 11.9. The van der Waals surface area contributed by atoms with Crippen LogP contribution in [0.25, 0.3) is 0 Å². The maximum atomic E-state index is 11.3. The molecule has 0 amide bonds. The zero-order chi connectivity index (χ0) is 13.6. The van der Waals surface area contributed by atoms with Crippen molar-refractivity contribution < 1.29 is 14.6 Å². The maximum absolute atomic E-state index is 11.3. The molecular formula is C14H27NO3. The minimum atomic E-state index is -1.42. The van der Waals surface area contributed by atoms with E-state index in [4.69, 9.17) is 0 Å². The van der Waals surface area contributed by atoms with E-state index in [1.807, 2.05) is 0 Å². The second kappa shape index (κ2) is 7.10. The van der Waals surface area contributed by atoms with Crippen molar-refractivity contribution >= 4 is 5.97 Å². The summed E-state index contributed by atoms with van der Waals surface area (Å²) >= 11 is 0. The van der Waals surface area contributed by atoms with Gasteiger partial charge >= 0.3 is 5.97 Å². The van der Waals surface area contributed by atoms with Gasteiger partial charge in [-0.1, -0.05) is 32.6 Å². The predicted octanol–water partition coefficient (Wildman–Crippen LogP) is 1.72. The van der Waals surface area contributed by atoms with Gasteiger partial charge < -0.3 is 15.2 Å². The van der Waals surface area contributed by atoms with Crippen molar-refractivity contribution in [2.75, 3.05) is 20.2 Å². The standard InChI is InChI=1S/C14H27NO3/c1-11-4-6-12(7-5-11)8-9-15-10-14(2,17)13(16)18-3/h11-12,15,17H,4-10H2,1-3H3. The van der Waals surface area contributed by atoms with Gasteiger partial charge in [0.2, 0.25) is 0 Å². The molecule has 1 aliphatic carbocycles. The van der Waals surface area contributed by atoms with E-state index in [2.05, 4.69) is 17.0 Å². The molecular weight excluding hydrogens is 230 g/mol. The van der Waals surface area contributed by atoms with Gasteiger partial charge in [-0.05, 0) is 31.7 Å². The normalized spacial score (nSPS) is 27.6. The second-order valence-electron chi connectivity index (χ2n) is 5.86. The van der Waals surface area contributed by atoms with Gasteiger partial charge in [-0.15, -0.1) is 0 Å². The Morgan fingerprint density at radius 2 is 2.00 bits per heavy atom. The number of carbonyl (C=O) groups excluding carboxylic acids is 1. The van der Waals surface area contributed by atoms with Gasteiger partial charge in [0.15, 0.2) is 5.60 Å². The molecule has 1 aliphatic rings. The lowest BCUT2D eigenvalue weighted by Crippen LogP contribution is -2.46. The molecule has 106 valence electrons. The molecule has 1 atom stereocenters. The van der Waals surface area contributed by atoms with Crippen LogP contribution in [-0.4, -0.2) is 36.9 Å². The molecule has 1 fully saturated rings. The highest BCUT2D eigenvalue weighted by molar-refractivity contribution is 5.78. The lowest BCUT2D eigenvalue weighted by atomic mass is 9.81. The van der Waals surface area contributed by atoms with Crippen molar-refractivity contribution in [2.45, 2.75) is 51.6 Å². The van der Waals surface area contributed by atoms with Crippen LogP contribution < -0.4 is 5.32 Å². The molecule has 0 aromatic rings. The predicted molar refractivity (Wildman–Crippen MR) is 71.2 cm³/mol. The third kappa shape index (κ3) is 4.94. The molecule has 1 unspecified atom stereocenters. The van der Waals surface area contributed by atoms with E-state index in [0.29, 0.717) is 0 Å². The Hall–Kier alpha value is -0.610. The molecule has 4 nitrogen and oxygen atoms in total. The van der Waals surface area contributed by atoms with Crippen LogP contribution in [0.4, 0.5) is 0 Å². The fourth-order valence-electron chi connectivity index (χ4n) is 2.55. The van der Waals surface area contributed by atoms with E-state index in [1.54, 1.807) is 0 Å². The van der Waals surface area contributed by atoms with Gasteiger partial charge in [-0.25, -0.2) is 4.79 Å². The van der Waals surface area contributed by atoms with Crippen molar-refractivity contribution in [2.24, 2.45) is 11.8 Å². The average molecular weight is 257 g/mol. The van der Waals surface area contributed by atoms with Crippen LogP contribution in [0.1, 0.15) is 46.0 Å². The third-order valence-corrected chi connectivity index (χ3v) is 3.96. The zero-order valence-corrected chi connectivity index (χ0v) is 11.9. The summed E-state index contributed by atoms with van der Waals surface area (Å²) in [5.41, 5.74) is -1.42. The van der Waals surface area contributed by atoms with Gasteiger partial charge in [0, 0.05) is 6.54 Å². The van der Waals surface area contributed by atoms with Crippen LogP contribution in [0.2, 0.25) is 0 Å². The molecule has 0 aliphatic heterocycles. The van der Waals surface area contributed by atoms with Gasteiger partial charge in [0.05, 0.1) is 7.11 Å². The molecule has 0 spiro atoms. The van der Waals surface area contributed by atoms with Crippen molar-refractivity contribution in [3.05, 3.63) is 0 Å². The molecule has 0 radical (unpaired) electrons. The Bertz CT molecular complexity index is 258. The number of carbonyl (C=O) groups is 1. The lowest BCUT2D eigenvalue weighted by molar-refractivity contribution is -0.159. The van der Waals surface area contributed by atoms with Crippen LogP contribution in [0.3, 0.4) is 0 Å². The maximum Gasteiger partial charge on any atom is 0.338 e. The van der Waals surface area contributed by atoms with E-state index in [9.17, 15) is 9.90 Å². The van der Waals surface area contributed by atoms with Crippen LogP contribution >= 0.6 is 0 Å². The summed E-state index contributed by atoms with van der Waals surface area (Å²) in [7, 11) is 1.29. The first-order valence-electron chi connectivity index (χ1n) is 6.97. The summed E-state index contributed by atoms with van der Waals surface area (Å²) in [5.74, 6) is 1.10. The van der Waals surface area contributed by atoms with Crippen LogP contribution in [0, 0.1) is 11.8 Å². The van der Waals surface area contributed by atoms with Crippen LogP contribution in [0.15, 0.2) is 0 Å². The Kier molecular flexibility index (Phi) is 6.09. The van der Waals surface area contributed by atoms with Crippen molar-refractivity contribution in [1.29, 1.82) is 0 Å². The molecule has 1 saturated carbocycles. The first-order chi connectivity index (χ1) is 8.45. The largest absolute Gasteiger partial charge is 0.467 e. The molecule has 0 aromatic carbocycles. The van der Waals surface area contributed by atoms with Gasteiger partial charge in [-0.2, -0.15) is 0 Å². The summed E-state index contributed by atoms with van der Waals surface area (Å²) in [4.78, 5) is 11.3. The van der Waals surface area contributed by atoms with E-state index in [1.165, 1.54) is 39.7 Å². The van der Waals surface area contributed by atoms with Crippen molar-refractivity contribution in [1.82, 2.24) is 5.32 Å². The number of aliphatic hydroxyl groups is 1. The minimum absolute atomic E-state index is 0.253. The van der Waals surface area contributed by atoms with E-state index in [-0.39, 0.29) is 6.54 Å². The number of ether oxygens (including phenoxy) is 1. The molecule has 2 N–H and O–H groups in total. The number of hydrogen-bond donors (Lipinski definition) is 2. The van der Waals surface area contributed by atoms with Crippen molar-refractivity contribution in [3.63, 3.8) is 0 Å². The molecule has 0 aromatic heterocycles. The number of nitrogens with one attached hydrogen (secondary N) is 1. The van der Waals surface area contributed by atoms with Crippen LogP contribution in [0.5, 0.6) is 0 Å². The molecule has 0 bridgehead atoms. The van der Waals surface area contributed by atoms with Crippen molar-refractivity contribution in [3.8, 4) is 0 Å². The molecule has 1 rings (SSSR count). The smallest absolute Gasteiger partial charge is 0.338 e. The first kappa shape index (κ1) is 15.4. The third-order valence-electron chi connectivity index (χ3n) is 3.96. The Morgan fingerprint density at radius 3 is 2.56 bits per heavy atom. The monoisotopic (exact) mass is 257 g/mol. The lowest BCUT2D eigenvalue weighted by Gasteiger charge is -2.26. The topological polar surface area (TPSA) is 58.6 Å². The quantitative estimate of drug-likeness (QED) is 0.562. The average Bonchev–Trinajstić information content (AvgIpc) is 2.35. The van der Waals surface area contributed by atoms with E-state index >= 15 is 0 Å². The molecule has 4 heteroatoms. The van der Waals surface area contributed by atoms with Gasteiger partial charge in [0.1, 0.15) is 0 Å².